The van der Waals surface area contributed by atoms with Crippen LogP contribution >= 0.6 is 11.3 Å². The Kier molecular flexibility index (Phi) is 4.97. The number of allylic oxidation sites excluding steroid dienone is 1. The Morgan fingerprint density at radius 2 is 2.04 bits per heavy atom. The summed E-state index contributed by atoms with van der Waals surface area (Å²) in [6.45, 7) is 1.79. The fraction of sp³-hybridized carbons (Fsp3) is 0.263. The summed E-state index contributed by atoms with van der Waals surface area (Å²) >= 11 is 1.35. The number of aryl methyl sites for hydroxylation is 1. The molecule has 0 aliphatic carbocycles. The van der Waals surface area contributed by atoms with E-state index in [-0.39, 0.29) is 11.5 Å². The summed E-state index contributed by atoms with van der Waals surface area (Å²) in [5.74, 6) is 0.370. The predicted octanol–water partition coefficient (Wildman–Crippen LogP) is 3.08. The van der Waals surface area contributed by atoms with Crippen molar-refractivity contribution in [1.29, 1.82) is 5.26 Å². The molecule has 0 saturated heterocycles. The number of benzene rings is 1. The Balaban J connectivity index is 2.31. The monoisotopic (exact) mass is 386 g/mol. The second kappa shape index (κ2) is 7.21. The van der Waals surface area contributed by atoms with Gasteiger partial charge in [0.05, 0.1) is 32.1 Å². The largest absolute Gasteiger partial charge is 0.497 e. The minimum Gasteiger partial charge on any atom is -0.497 e. The Hall–Kier alpha value is -3.18. The van der Waals surface area contributed by atoms with Crippen molar-refractivity contribution < 1.29 is 23.7 Å². The van der Waals surface area contributed by atoms with Gasteiger partial charge in [-0.1, -0.05) is 0 Å². The number of fused-ring (bicyclic) bond motifs is 1. The normalized spacial score (nSPS) is 15.4. The lowest BCUT2D eigenvalue weighted by molar-refractivity contribution is 0.0597. The molecule has 1 unspecified atom stereocenters. The summed E-state index contributed by atoms with van der Waals surface area (Å²) < 4.78 is 21.4. The number of methoxy groups -OCH3 is 3. The van der Waals surface area contributed by atoms with Crippen molar-refractivity contribution in [3.63, 3.8) is 0 Å². The van der Waals surface area contributed by atoms with Crippen LogP contribution in [0.3, 0.4) is 0 Å². The average Bonchev–Trinajstić information content (AvgIpc) is 3.00. The highest BCUT2D eigenvalue weighted by atomic mass is 32.1. The third kappa shape index (κ3) is 2.96. The molecule has 3 rings (SSSR count). The molecule has 2 N–H and O–H groups in total. The molecule has 2 heterocycles. The maximum Gasteiger partial charge on any atom is 0.342 e. The van der Waals surface area contributed by atoms with Crippen molar-refractivity contribution in [1.82, 2.24) is 0 Å². The van der Waals surface area contributed by atoms with Gasteiger partial charge >= 0.3 is 5.97 Å². The van der Waals surface area contributed by atoms with Crippen LogP contribution in [-0.2, 0) is 4.74 Å². The number of carbonyl (C=O) groups is 1. The molecule has 1 aromatic heterocycles. The van der Waals surface area contributed by atoms with Crippen LogP contribution in [-0.4, -0.2) is 27.3 Å². The fourth-order valence-electron chi connectivity index (χ4n) is 3.09. The van der Waals surface area contributed by atoms with Gasteiger partial charge in [-0.05, 0) is 25.1 Å². The summed E-state index contributed by atoms with van der Waals surface area (Å²) in [6.07, 6.45) is 0. The molecular formula is C19H18N2O5S. The van der Waals surface area contributed by atoms with Crippen molar-refractivity contribution in [2.24, 2.45) is 5.73 Å². The van der Waals surface area contributed by atoms with E-state index in [0.717, 1.165) is 0 Å². The van der Waals surface area contributed by atoms with E-state index in [0.29, 0.717) is 38.1 Å². The van der Waals surface area contributed by atoms with Crippen molar-refractivity contribution in [3.8, 4) is 23.3 Å². The quantitative estimate of drug-likeness (QED) is 0.805. The van der Waals surface area contributed by atoms with Crippen LogP contribution in [0.25, 0.3) is 0 Å². The third-order valence-electron chi connectivity index (χ3n) is 4.35. The molecule has 1 atom stereocenters. The number of nitrogens with two attached hydrogens (primary N) is 1. The summed E-state index contributed by atoms with van der Waals surface area (Å²) in [4.78, 5) is 13.6. The van der Waals surface area contributed by atoms with Crippen LogP contribution in [0, 0.1) is 18.3 Å². The van der Waals surface area contributed by atoms with Gasteiger partial charge in [0.1, 0.15) is 28.7 Å². The van der Waals surface area contributed by atoms with E-state index < -0.39 is 11.9 Å². The molecule has 7 nitrogen and oxygen atoms in total. The van der Waals surface area contributed by atoms with Crippen molar-refractivity contribution in [3.05, 3.63) is 50.5 Å². The number of thiophene rings is 1. The molecule has 8 heteroatoms. The topological polar surface area (TPSA) is 104 Å². The van der Waals surface area contributed by atoms with Gasteiger partial charge in [0, 0.05) is 10.4 Å². The number of hydrogen-bond donors (Lipinski definition) is 1. The highest BCUT2D eigenvalue weighted by molar-refractivity contribution is 7.12. The summed E-state index contributed by atoms with van der Waals surface area (Å²) in [5.41, 5.74) is 7.27. The lowest BCUT2D eigenvalue weighted by Crippen LogP contribution is -2.21. The third-order valence-corrected chi connectivity index (χ3v) is 5.50. The maximum atomic E-state index is 12.2. The number of nitrogens with zero attached hydrogens (tertiary/aromatic N) is 1. The van der Waals surface area contributed by atoms with Gasteiger partial charge in [0.15, 0.2) is 5.75 Å². The number of rotatable bonds is 4. The molecule has 27 heavy (non-hydrogen) atoms. The van der Waals surface area contributed by atoms with Gasteiger partial charge in [0.2, 0.25) is 5.88 Å². The number of carbonyl (C=O) groups excluding carboxylic acids is 1. The van der Waals surface area contributed by atoms with Gasteiger partial charge < -0.3 is 24.7 Å². The molecule has 140 valence electrons. The first-order chi connectivity index (χ1) is 13.0. The summed E-state index contributed by atoms with van der Waals surface area (Å²) in [6, 6.07) is 7.44. The van der Waals surface area contributed by atoms with E-state index in [1.807, 2.05) is 0 Å². The lowest BCUT2D eigenvalue weighted by Gasteiger charge is -2.25. The SMILES string of the molecule is COC(=O)c1c(C)sc2c1OC(N)=C(C#N)C2c1cc(OC)ccc1OC. The maximum absolute atomic E-state index is 12.2. The van der Waals surface area contributed by atoms with Gasteiger partial charge in [-0.15, -0.1) is 11.3 Å². The molecule has 0 spiro atoms. The van der Waals surface area contributed by atoms with E-state index in [9.17, 15) is 10.1 Å². The van der Waals surface area contributed by atoms with Gasteiger partial charge in [-0.25, -0.2) is 4.79 Å². The van der Waals surface area contributed by atoms with Crippen molar-refractivity contribution in [2.75, 3.05) is 21.3 Å². The standard InChI is InChI=1S/C19H18N2O5S/c1-9-14(19(22)25-4)16-17(27-9)15(12(8-20)18(21)26-16)11-7-10(23-2)5-6-13(11)24-3/h5-7,15H,21H2,1-4H3. The van der Waals surface area contributed by atoms with Crippen LogP contribution in [0.4, 0.5) is 0 Å². The van der Waals surface area contributed by atoms with Gasteiger partial charge in [-0.2, -0.15) is 5.26 Å². The molecule has 0 bridgehead atoms. The highest BCUT2D eigenvalue weighted by Crippen LogP contribution is 2.51. The Bertz CT molecular complexity index is 987. The Morgan fingerprint density at radius 3 is 2.63 bits per heavy atom. The van der Waals surface area contributed by atoms with E-state index in [1.165, 1.54) is 18.4 Å². The molecule has 0 radical (unpaired) electrons. The predicted molar refractivity (Wildman–Crippen MR) is 99.2 cm³/mol. The zero-order valence-corrected chi connectivity index (χ0v) is 16.1. The van der Waals surface area contributed by atoms with Crippen LogP contribution in [0.15, 0.2) is 29.7 Å². The van der Waals surface area contributed by atoms with E-state index >= 15 is 0 Å². The van der Waals surface area contributed by atoms with Crippen molar-refractivity contribution >= 4 is 17.3 Å². The molecule has 1 aliphatic heterocycles. The molecule has 2 aromatic rings. The fourth-order valence-corrected chi connectivity index (χ4v) is 4.30. The first-order valence-corrected chi connectivity index (χ1v) is 8.79. The number of esters is 1. The van der Waals surface area contributed by atoms with E-state index in [2.05, 4.69) is 6.07 Å². The summed E-state index contributed by atoms with van der Waals surface area (Å²) in [7, 11) is 4.41. The zero-order valence-electron chi connectivity index (χ0n) is 15.3. The first kappa shape index (κ1) is 18.6. The molecule has 0 amide bonds. The second-order valence-corrected chi connectivity index (χ2v) is 7.01. The smallest absolute Gasteiger partial charge is 0.342 e. The number of nitriles is 1. The van der Waals surface area contributed by atoms with E-state index in [1.54, 1.807) is 39.3 Å². The van der Waals surface area contributed by atoms with E-state index in [4.69, 9.17) is 24.7 Å². The van der Waals surface area contributed by atoms with Crippen LogP contribution in [0.5, 0.6) is 17.2 Å². The minimum absolute atomic E-state index is 0.0529. The van der Waals surface area contributed by atoms with Crippen LogP contribution in [0.2, 0.25) is 0 Å². The average molecular weight is 386 g/mol. The van der Waals surface area contributed by atoms with Gasteiger partial charge in [-0.3, -0.25) is 0 Å². The van der Waals surface area contributed by atoms with Crippen molar-refractivity contribution in [2.45, 2.75) is 12.8 Å². The van der Waals surface area contributed by atoms with Crippen LogP contribution < -0.4 is 19.9 Å². The molecule has 1 aromatic carbocycles. The summed E-state index contributed by atoms with van der Waals surface area (Å²) in [5, 5.41) is 9.71. The highest BCUT2D eigenvalue weighted by Gasteiger charge is 2.38. The Labute approximate surface area is 160 Å². The minimum atomic E-state index is -0.550. The number of hydrogen-bond acceptors (Lipinski definition) is 8. The van der Waals surface area contributed by atoms with Crippen LogP contribution in [0.1, 0.15) is 31.6 Å². The first-order valence-electron chi connectivity index (χ1n) is 7.97. The molecule has 0 fully saturated rings. The zero-order chi connectivity index (χ0) is 19.7. The second-order valence-electron chi connectivity index (χ2n) is 5.75. The molecule has 1 aliphatic rings. The Morgan fingerprint density at radius 1 is 1.30 bits per heavy atom. The number of ether oxygens (including phenoxy) is 4. The molecular weight excluding hydrogens is 368 g/mol. The molecule has 0 saturated carbocycles. The lowest BCUT2D eigenvalue weighted by atomic mass is 9.87. The van der Waals surface area contributed by atoms with Gasteiger partial charge in [0.25, 0.3) is 0 Å².